The van der Waals surface area contributed by atoms with Crippen LogP contribution in [0, 0.1) is 5.92 Å². The highest BCUT2D eigenvalue weighted by Crippen LogP contribution is 2.31. The topological polar surface area (TPSA) is 23.6 Å². The molecule has 0 atom stereocenters. The second kappa shape index (κ2) is 6.15. The van der Waals surface area contributed by atoms with E-state index in [1.54, 1.807) is 0 Å². The summed E-state index contributed by atoms with van der Waals surface area (Å²) in [6.45, 7) is 4.64. The third-order valence-corrected chi connectivity index (χ3v) is 4.55. The van der Waals surface area contributed by atoms with Crippen molar-refractivity contribution in [3.05, 3.63) is 34.9 Å². The molecule has 3 rings (SSSR count). The molecule has 0 aromatic heterocycles. The van der Waals surface area contributed by atoms with Gasteiger partial charge in [-0.1, -0.05) is 29.8 Å². The lowest BCUT2D eigenvalue weighted by atomic mass is 10.2. The molecule has 1 aromatic carbocycles. The molecule has 2 aliphatic rings. The van der Waals surface area contributed by atoms with Crippen LogP contribution in [0.15, 0.2) is 24.3 Å². The number of amides is 1. The molecular formula is C16H21ClN2O. The van der Waals surface area contributed by atoms with Crippen LogP contribution in [0.5, 0.6) is 0 Å². The SMILES string of the molecule is O=C(C1CC1)N1CCCN(Cc2ccccc2Cl)CC1. The Morgan fingerprint density at radius 1 is 1.15 bits per heavy atom. The fourth-order valence-electron chi connectivity index (χ4n) is 2.81. The summed E-state index contributed by atoms with van der Waals surface area (Å²) < 4.78 is 0. The highest BCUT2D eigenvalue weighted by Gasteiger charge is 2.33. The highest BCUT2D eigenvalue weighted by molar-refractivity contribution is 6.31. The molecule has 1 amide bonds. The summed E-state index contributed by atoms with van der Waals surface area (Å²) in [6.07, 6.45) is 3.25. The second-order valence-corrected chi connectivity index (χ2v) is 6.23. The van der Waals surface area contributed by atoms with Crippen molar-refractivity contribution in [3.63, 3.8) is 0 Å². The van der Waals surface area contributed by atoms with Gasteiger partial charge in [0.15, 0.2) is 0 Å². The number of carbonyl (C=O) groups excluding carboxylic acids is 1. The Hall–Kier alpha value is -1.06. The van der Waals surface area contributed by atoms with Crippen LogP contribution in [0.1, 0.15) is 24.8 Å². The molecule has 0 radical (unpaired) electrons. The molecule has 0 spiro atoms. The number of rotatable bonds is 3. The van der Waals surface area contributed by atoms with Crippen molar-refractivity contribution in [2.75, 3.05) is 26.2 Å². The second-order valence-electron chi connectivity index (χ2n) is 5.82. The van der Waals surface area contributed by atoms with Crippen molar-refractivity contribution in [1.82, 2.24) is 9.80 Å². The van der Waals surface area contributed by atoms with Gasteiger partial charge in [-0.05, 0) is 30.9 Å². The molecule has 0 unspecified atom stereocenters. The highest BCUT2D eigenvalue weighted by atomic mass is 35.5. The maximum atomic E-state index is 12.1. The monoisotopic (exact) mass is 292 g/mol. The van der Waals surface area contributed by atoms with Gasteiger partial charge in [-0.15, -0.1) is 0 Å². The predicted octanol–water partition coefficient (Wildman–Crippen LogP) is 2.78. The maximum absolute atomic E-state index is 12.1. The van der Waals surface area contributed by atoms with Crippen LogP contribution in [0.4, 0.5) is 0 Å². The molecule has 1 aliphatic carbocycles. The third-order valence-electron chi connectivity index (χ3n) is 4.18. The molecule has 1 aliphatic heterocycles. The first-order valence-electron chi connectivity index (χ1n) is 7.48. The van der Waals surface area contributed by atoms with Crippen molar-refractivity contribution < 1.29 is 4.79 Å². The van der Waals surface area contributed by atoms with Gasteiger partial charge in [0.1, 0.15) is 0 Å². The zero-order valence-electron chi connectivity index (χ0n) is 11.7. The van der Waals surface area contributed by atoms with E-state index in [0.29, 0.717) is 11.8 Å². The summed E-state index contributed by atoms with van der Waals surface area (Å²) in [5.74, 6) is 0.717. The van der Waals surface area contributed by atoms with E-state index in [1.165, 1.54) is 5.56 Å². The predicted molar refractivity (Wildman–Crippen MR) is 80.7 cm³/mol. The summed E-state index contributed by atoms with van der Waals surface area (Å²) in [5.41, 5.74) is 1.18. The van der Waals surface area contributed by atoms with Crippen LogP contribution < -0.4 is 0 Å². The molecule has 0 bridgehead atoms. The smallest absolute Gasteiger partial charge is 0.225 e. The van der Waals surface area contributed by atoms with Gasteiger partial charge >= 0.3 is 0 Å². The lowest BCUT2D eigenvalue weighted by molar-refractivity contribution is -0.132. The van der Waals surface area contributed by atoms with Crippen LogP contribution in [0.25, 0.3) is 0 Å². The van der Waals surface area contributed by atoms with E-state index in [9.17, 15) is 4.79 Å². The Bertz CT molecular complexity index is 487. The lowest BCUT2D eigenvalue weighted by Gasteiger charge is -2.22. The first kappa shape index (κ1) is 13.9. The summed E-state index contributed by atoms with van der Waals surface area (Å²) in [5, 5.41) is 0.836. The summed E-state index contributed by atoms with van der Waals surface area (Å²) >= 11 is 6.22. The van der Waals surface area contributed by atoms with E-state index >= 15 is 0 Å². The Labute approximate surface area is 125 Å². The minimum absolute atomic E-state index is 0.338. The van der Waals surface area contributed by atoms with E-state index in [-0.39, 0.29) is 0 Å². The minimum atomic E-state index is 0.338. The Balaban J connectivity index is 1.57. The van der Waals surface area contributed by atoms with E-state index in [2.05, 4.69) is 15.9 Å². The van der Waals surface area contributed by atoms with Crippen LogP contribution in [-0.2, 0) is 11.3 Å². The maximum Gasteiger partial charge on any atom is 0.225 e. The first-order valence-corrected chi connectivity index (χ1v) is 7.86. The number of nitrogens with zero attached hydrogens (tertiary/aromatic N) is 2. The quantitative estimate of drug-likeness (QED) is 0.855. The molecule has 2 fully saturated rings. The van der Waals surface area contributed by atoms with Gasteiger partial charge in [-0.25, -0.2) is 0 Å². The minimum Gasteiger partial charge on any atom is -0.341 e. The molecule has 3 nitrogen and oxygen atoms in total. The van der Waals surface area contributed by atoms with Crippen LogP contribution in [-0.4, -0.2) is 41.9 Å². The van der Waals surface area contributed by atoms with E-state index in [0.717, 1.165) is 57.0 Å². The molecular weight excluding hydrogens is 272 g/mol. The fraction of sp³-hybridized carbons (Fsp3) is 0.562. The van der Waals surface area contributed by atoms with Crippen molar-refractivity contribution in [2.24, 2.45) is 5.92 Å². The molecule has 1 saturated carbocycles. The largest absolute Gasteiger partial charge is 0.341 e. The van der Waals surface area contributed by atoms with Gasteiger partial charge in [0, 0.05) is 43.7 Å². The van der Waals surface area contributed by atoms with Gasteiger partial charge in [-0.3, -0.25) is 9.69 Å². The molecule has 1 aromatic rings. The van der Waals surface area contributed by atoms with Gasteiger partial charge in [0.2, 0.25) is 5.91 Å². The number of carbonyl (C=O) groups is 1. The summed E-state index contributed by atoms with van der Waals surface area (Å²) in [6, 6.07) is 8.02. The molecule has 1 saturated heterocycles. The molecule has 4 heteroatoms. The van der Waals surface area contributed by atoms with Gasteiger partial charge in [-0.2, -0.15) is 0 Å². The normalized spacial score (nSPS) is 20.8. The van der Waals surface area contributed by atoms with Crippen molar-refractivity contribution in [1.29, 1.82) is 0 Å². The van der Waals surface area contributed by atoms with Crippen LogP contribution >= 0.6 is 11.6 Å². The number of hydrogen-bond donors (Lipinski definition) is 0. The average molecular weight is 293 g/mol. The van der Waals surface area contributed by atoms with Gasteiger partial charge in [0.25, 0.3) is 0 Å². The van der Waals surface area contributed by atoms with Crippen LogP contribution in [0.3, 0.4) is 0 Å². The number of hydrogen-bond acceptors (Lipinski definition) is 2. The molecule has 20 heavy (non-hydrogen) atoms. The van der Waals surface area contributed by atoms with Gasteiger partial charge < -0.3 is 4.90 Å². The van der Waals surface area contributed by atoms with Crippen molar-refractivity contribution in [2.45, 2.75) is 25.8 Å². The molecule has 0 N–H and O–H groups in total. The standard InChI is InChI=1S/C16H21ClN2O/c17-15-5-2-1-4-14(15)12-18-8-3-9-19(11-10-18)16(20)13-6-7-13/h1-2,4-5,13H,3,6-12H2. The number of halogens is 1. The van der Waals surface area contributed by atoms with E-state index < -0.39 is 0 Å². The molecule has 108 valence electrons. The summed E-state index contributed by atoms with van der Waals surface area (Å²) in [7, 11) is 0. The Morgan fingerprint density at radius 2 is 1.95 bits per heavy atom. The zero-order chi connectivity index (χ0) is 13.9. The van der Waals surface area contributed by atoms with E-state index in [1.807, 2.05) is 18.2 Å². The Morgan fingerprint density at radius 3 is 2.70 bits per heavy atom. The number of benzene rings is 1. The van der Waals surface area contributed by atoms with E-state index in [4.69, 9.17) is 11.6 Å². The van der Waals surface area contributed by atoms with Crippen LogP contribution in [0.2, 0.25) is 5.02 Å². The summed E-state index contributed by atoms with van der Waals surface area (Å²) in [4.78, 5) is 16.6. The zero-order valence-corrected chi connectivity index (χ0v) is 12.5. The lowest BCUT2D eigenvalue weighted by Crippen LogP contribution is -2.36. The van der Waals surface area contributed by atoms with Crippen molar-refractivity contribution >= 4 is 17.5 Å². The first-order chi connectivity index (χ1) is 9.74. The fourth-order valence-corrected chi connectivity index (χ4v) is 3.00. The van der Waals surface area contributed by atoms with Crippen molar-refractivity contribution in [3.8, 4) is 0 Å². The van der Waals surface area contributed by atoms with Gasteiger partial charge in [0.05, 0.1) is 0 Å². The Kier molecular flexibility index (Phi) is 4.27. The molecule has 1 heterocycles. The average Bonchev–Trinajstić information content (AvgIpc) is 3.27. The third kappa shape index (κ3) is 3.33.